The molecule has 8 nitrogen and oxygen atoms in total. The van der Waals surface area contributed by atoms with Gasteiger partial charge in [-0.3, -0.25) is 9.59 Å². The SMILES string of the molecule is CC(C)C[C@H](N)C(=O)OC(=O)CC(=O)OC(=O)[C@@H](N)Cc1ccccc1. The molecule has 0 bridgehead atoms. The Balaban J connectivity index is 2.41. The Morgan fingerprint density at radius 1 is 0.885 bits per heavy atom. The third kappa shape index (κ3) is 8.00. The molecule has 0 aliphatic heterocycles. The molecule has 142 valence electrons. The van der Waals surface area contributed by atoms with Crippen LogP contribution in [0.3, 0.4) is 0 Å². The van der Waals surface area contributed by atoms with Gasteiger partial charge in [-0.1, -0.05) is 44.2 Å². The van der Waals surface area contributed by atoms with Crippen molar-refractivity contribution in [2.45, 2.75) is 45.2 Å². The lowest BCUT2D eigenvalue weighted by Gasteiger charge is -2.12. The zero-order valence-corrected chi connectivity index (χ0v) is 14.8. The molecule has 4 N–H and O–H groups in total. The number of rotatable bonds is 8. The van der Waals surface area contributed by atoms with Gasteiger partial charge in [0, 0.05) is 0 Å². The molecule has 0 spiro atoms. The molecule has 1 rings (SSSR count). The van der Waals surface area contributed by atoms with E-state index in [1.54, 1.807) is 24.3 Å². The maximum atomic E-state index is 11.8. The summed E-state index contributed by atoms with van der Waals surface area (Å²) < 4.78 is 8.99. The van der Waals surface area contributed by atoms with Gasteiger partial charge in [-0.15, -0.1) is 0 Å². The summed E-state index contributed by atoms with van der Waals surface area (Å²) in [5, 5.41) is 0. The van der Waals surface area contributed by atoms with Gasteiger partial charge in [-0.25, -0.2) is 9.59 Å². The number of esters is 4. The van der Waals surface area contributed by atoms with Gasteiger partial charge < -0.3 is 20.9 Å². The summed E-state index contributed by atoms with van der Waals surface area (Å²) in [6.07, 6.45) is -0.368. The van der Waals surface area contributed by atoms with E-state index in [4.69, 9.17) is 11.5 Å². The second-order valence-corrected chi connectivity index (χ2v) is 6.30. The zero-order valence-electron chi connectivity index (χ0n) is 14.8. The lowest BCUT2D eigenvalue weighted by atomic mass is 10.1. The van der Waals surface area contributed by atoms with Gasteiger partial charge in [0.05, 0.1) is 0 Å². The maximum Gasteiger partial charge on any atom is 0.330 e. The monoisotopic (exact) mass is 364 g/mol. The van der Waals surface area contributed by atoms with Crippen molar-refractivity contribution >= 4 is 23.9 Å². The van der Waals surface area contributed by atoms with Crippen molar-refractivity contribution in [3.8, 4) is 0 Å². The Hall–Kier alpha value is -2.58. The Bertz CT molecular complexity index is 644. The van der Waals surface area contributed by atoms with Crippen LogP contribution >= 0.6 is 0 Å². The molecular formula is C18H24N2O6. The highest BCUT2D eigenvalue weighted by atomic mass is 16.6. The molecule has 0 unspecified atom stereocenters. The molecule has 1 aromatic rings. The van der Waals surface area contributed by atoms with Gasteiger partial charge in [-0.2, -0.15) is 0 Å². The van der Waals surface area contributed by atoms with E-state index in [9.17, 15) is 19.2 Å². The number of hydrogen-bond acceptors (Lipinski definition) is 8. The summed E-state index contributed by atoms with van der Waals surface area (Å²) in [5.41, 5.74) is 12.1. The molecule has 0 saturated heterocycles. The molecule has 8 heteroatoms. The number of nitrogens with two attached hydrogens (primary N) is 2. The number of ether oxygens (including phenoxy) is 2. The second kappa shape index (κ2) is 10.4. The molecule has 0 aliphatic carbocycles. The summed E-state index contributed by atoms with van der Waals surface area (Å²) in [6, 6.07) is 6.92. The molecule has 0 amide bonds. The average Bonchev–Trinajstić information content (AvgIpc) is 2.54. The predicted molar refractivity (Wildman–Crippen MR) is 92.4 cm³/mol. The first-order valence-electron chi connectivity index (χ1n) is 8.23. The Morgan fingerprint density at radius 3 is 1.88 bits per heavy atom. The smallest absolute Gasteiger partial charge is 0.330 e. The molecule has 1 aromatic carbocycles. The van der Waals surface area contributed by atoms with Crippen molar-refractivity contribution in [3.63, 3.8) is 0 Å². The third-order valence-corrected chi connectivity index (χ3v) is 3.35. The molecule has 0 radical (unpaired) electrons. The minimum absolute atomic E-state index is 0.140. The molecule has 2 atom stereocenters. The van der Waals surface area contributed by atoms with E-state index in [1.807, 2.05) is 19.9 Å². The summed E-state index contributed by atoms with van der Waals surface area (Å²) >= 11 is 0. The molecule has 0 aliphatic rings. The van der Waals surface area contributed by atoms with Gasteiger partial charge >= 0.3 is 23.9 Å². The van der Waals surface area contributed by atoms with Crippen molar-refractivity contribution in [2.24, 2.45) is 17.4 Å². The van der Waals surface area contributed by atoms with Gasteiger partial charge in [0.1, 0.15) is 18.5 Å². The van der Waals surface area contributed by atoms with E-state index in [-0.39, 0.29) is 12.3 Å². The van der Waals surface area contributed by atoms with Gasteiger partial charge in [0.15, 0.2) is 0 Å². The lowest BCUT2D eigenvalue weighted by Crippen LogP contribution is -2.37. The second-order valence-electron chi connectivity index (χ2n) is 6.30. The number of carbonyl (C=O) groups excluding carboxylic acids is 4. The van der Waals surface area contributed by atoms with Gasteiger partial charge in [0.2, 0.25) is 0 Å². The minimum atomic E-state index is -1.14. The van der Waals surface area contributed by atoms with E-state index < -0.39 is 42.4 Å². The van der Waals surface area contributed by atoms with Crippen LogP contribution in [-0.4, -0.2) is 36.0 Å². The summed E-state index contributed by atoms with van der Waals surface area (Å²) in [7, 11) is 0. The Kier molecular flexibility index (Phi) is 8.60. The number of carbonyl (C=O) groups is 4. The van der Waals surface area contributed by atoms with Crippen LogP contribution in [-0.2, 0) is 35.1 Å². The number of benzene rings is 1. The largest absolute Gasteiger partial charge is 0.392 e. The molecule has 0 saturated carbocycles. The van der Waals surface area contributed by atoms with Crippen LogP contribution in [0.15, 0.2) is 30.3 Å². The number of hydrogen-bond donors (Lipinski definition) is 2. The van der Waals surface area contributed by atoms with E-state index in [2.05, 4.69) is 9.47 Å². The van der Waals surface area contributed by atoms with Gasteiger partial charge in [-0.05, 0) is 24.3 Å². The van der Waals surface area contributed by atoms with Crippen molar-refractivity contribution in [1.29, 1.82) is 0 Å². The van der Waals surface area contributed by atoms with Crippen molar-refractivity contribution in [2.75, 3.05) is 0 Å². The summed E-state index contributed by atoms with van der Waals surface area (Å²) in [4.78, 5) is 46.5. The highest BCUT2D eigenvalue weighted by molar-refractivity contribution is 6.00. The molecule has 0 heterocycles. The van der Waals surface area contributed by atoms with Crippen molar-refractivity contribution in [1.82, 2.24) is 0 Å². The fraction of sp³-hybridized carbons (Fsp3) is 0.444. The van der Waals surface area contributed by atoms with Gasteiger partial charge in [0.25, 0.3) is 0 Å². The standard InChI is InChI=1S/C18H24N2O6/c1-11(2)8-13(19)17(23)25-15(21)10-16(22)26-18(24)14(20)9-12-6-4-3-5-7-12/h3-7,11,13-14H,8-10,19-20H2,1-2H3/t13-,14-/m0/s1. The van der Waals surface area contributed by atoms with Crippen LogP contribution in [0, 0.1) is 5.92 Å². The van der Waals surface area contributed by atoms with E-state index in [1.165, 1.54) is 0 Å². The maximum absolute atomic E-state index is 11.8. The highest BCUT2D eigenvalue weighted by Crippen LogP contribution is 2.06. The first-order chi connectivity index (χ1) is 12.2. The zero-order chi connectivity index (χ0) is 19.7. The lowest BCUT2D eigenvalue weighted by molar-refractivity contribution is -0.166. The van der Waals surface area contributed by atoms with E-state index in [0.717, 1.165) is 5.56 Å². The van der Waals surface area contributed by atoms with Crippen LogP contribution in [0.1, 0.15) is 32.3 Å². The third-order valence-electron chi connectivity index (χ3n) is 3.35. The minimum Gasteiger partial charge on any atom is -0.392 e. The molecule has 0 aromatic heterocycles. The first kappa shape index (κ1) is 21.5. The van der Waals surface area contributed by atoms with Crippen molar-refractivity contribution < 1.29 is 28.7 Å². The predicted octanol–water partition coefficient (Wildman–Crippen LogP) is 0.460. The van der Waals surface area contributed by atoms with Crippen LogP contribution in [0.25, 0.3) is 0 Å². The highest BCUT2D eigenvalue weighted by Gasteiger charge is 2.24. The normalized spacial score (nSPS) is 13.0. The molecule has 26 heavy (non-hydrogen) atoms. The fourth-order valence-electron chi connectivity index (χ4n) is 2.12. The average molecular weight is 364 g/mol. The van der Waals surface area contributed by atoms with Crippen LogP contribution < -0.4 is 11.5 Å². The summed E-state index contributed by atoms with van der Waals surface area (Å²) in [6.45, 7) is 3.72. The quantitative estimate of drug-likeness (QED) is 0.501. The van der Waals surface area contributed by atoms with Crippen LogP contribution in [0.2, 0.25) is 0 Å². The Labute approximate surface area is 151 Å². The fourth-order valence-corrected chi connectivity index (χ4v) is 2.12. The first-order valence-corrected chi connectivity index (χ1v) is 8.23. The van der Waals surface area contributed by atoms with Crippen LogP contribution in [0.5, 0.6) is 0 Å². The Morgan fingerprint density at radius 2 is 1.38 bits per heavy atom. The molecule has 0 fully saturated rings. The van der Waals surface area contributed by atoms with Crippen LogP contribution in [0.4, 0.5) is 0 Å². The van der Waals surface area contributed by atoms with Crippen molar-refractivity contribution in [3.05, 3.63) is 35.9 Å². The topological polar surface area (TPSA) is 139 Å². The summed E-state index contributed by atoms with van der Waals surface area (Å²) in [5.74, 6) is -4.03. The molecular weight excluding hydrogens is 340 g/mol. The van der Waals surface area contributed by atoms with E-state index >= 15 is 0 Å². The van der Waals surface area contributed by atoms with E-state index in [0.29, 0.717) is 6.42 Å².